The lowest BCUT2D eigenvalue weighted by Crippen LogP contribution is -2.14. The van der Waals surface area contributed by atoms with E-state index in [4.69, 9.17) is 16.3 Å². The first-order valence-corrected chi connectivity index (χ1v) is 8.02. The third-order valence-corrected chi connectivity index (χ3v) is 4.21. The fourth-order valence-electron chi connectivity index (χ4n) is 1.84. The van der Waals surface area contributed by atoms with Gasteiger partial charge in [-0.05, 0) is 58.5 Å². The SMILES string of the molecule is COc1ccc(/C=C(\C#N)C(=O)Nc2ccccc2I)cc1Cl. The molecule has 0 bridgehead atoms. The molecule has 0 radical (unpaired) electrons. The molecule has 1 amide bonds. The van der Waals surface area contributed by atoms with Crippen LogP contribution in [-0.2, 0) is 4.79 Å². The maximum absolute atomic E-state index is 12.2. The Morgan fingerprint density at radius 3 is 2.70 bits per heavy atom. The van der Waals surface area contributed by atoms with Crippen LogP contribution < -0.4 is 10.1 Å². The molecule has 0 unspecified atom stereocenters. The van der Waals surface area contributed by atoms with Gasteiger partial charge >= 0.3 is 0 Å². The lowest BCUT2D eigenvalue weighted by Gasteiger charge is -2.07. The molecule has 4 nitrogen and oxygen atoms in total. The molecule has 0 aliphatic heterocycles. The van der Waals surface area contributed by atoms with Gasteiger partial charge in [-0.2, -0.15) is 5.26 Å². The zero-order valence-electron chi connectivity index (χ0n) is 12.1. The summed E-state index contributed by atoms with van der Waals surface area (Å²) < 4.78 is 5.97. The second kappa shape index (κ2) is 7.99. The van der Waals surface area contributed by atoms with E-state index in [9.17, 15) is 10.1 Å². The molecule has 2 aromatic carbocycles. The van der Waals surface area contributed by atoms with Crippen molar-refractivity contribution in [2.45, 2.75) is 0 Å². The molecular weight excluding hydrogens is 427 g/mol. The molecule has 0 fully saturated rings. The molecule has 116 valence electrons. The summed E-state index contributed by atoms with van der Waals surface area (Å²) in [6.45, 7) is 0. The quantitative estimate of drug-likeness (QED) is 0.434. The summed E-state index contributed by atoms with van der Waals surface area (Å²) in [4.78, 5) is 12.2. The van der Waals surface area contributed by atoms with Gasteiger partial charge in [-0.25, -0.2) is 0 Å². The number of benzene rings is 2. The number of nitrogens with zero attached hydrogens (tertiary/aromatic N) is 1. The van der Waals surface area contributed by atoms with Crippen molar-refractivity contribution in [1.29, 1.82) is 5.26 Å². The van der Waals surface area contributed by atoms with E-state index < -0.39 is 5.91 Å². The number of anilines is 1. The number of para-hydroxylation sites is 1. The highest BCUT2D eigenvalue weighted by Crippen LogP contribution is 2.26. The van der Waals surface area contributed by atoms with Crippen LogP contribution in [0.2, 0.25) is 5.02 Å². The summed E-state index contributed by atoms with van der Waals surface area (Å²) in [5.41, 5.74) is 1.29. The monoisotopic (exact) mass is 438 g/mol. The molecule has 0 aliphatic carbocycles. The number of hydrogen-bond donors (Lipinski definition) is 1. The number of carbonyl (C=O) groups excluding carboxylic acids is 1. The molecule has 0 heterocycles. The molecule has 0 saturated carbocycles. The molecule has 0 aromatic heterocycles. The molecule has 6 heteroatoms. The van der Waals surface area contributed by atoms with Crippen LogP contribution in [-0.4, -0.2) is 13.0 Å². The summed E-state index contributed by atoms with van der Waals surface area (Å²) >= 11 is 8.16. The maximum atomic E-state index is 12.2. The number of carbonyl (C=O) groups is 1. The molecule has 0 aliphatic rings. The Kier molecular flexibility index (Phi) is 6.02. The number of nitriles is 1. The van der Waals surface area contributed by atoms with Crippen LogP contribution >= 0.6 is 34.2 Å². The summed E-state index contributed by atoms with van der Waals surface area (Å²) in [6.07, 6.45) is 1.48. The summed E-state index contributed by atoms with van der Waals surface area (Å²) in [7, 11) is 1.52. The van der Waals surface area contributed by atoms with Crippen molar-refractivity contribution >= 4 is 51.9 Å². The van der Waals surface area contributed by atoms with Gasteiger partial charge in [-0.15, -0.1) is 0 Å². The van der Waals surface area contributed by atoms with Crippen molar-refractivity contribution in [2.24, 2.45) is 0 Å². The normalized spacial score (nSPS) is 10.8. The zero-order valence-corrected chi connectivity index (χ0v) is 15.1. The van der Waals surface area contributed by atoms with Crippen LogP contribution in [0, 0.1) is 14.9 Å². The van der Waals surface area contributed by atoms with Crippen LogP contribution in [0.3, 0.4) is 0 Å². The van der Waals surface area contributed by atoms with Crippen LogP contribution in [0.1, 0.15) is 5.56 Å². The van der Waals surface area contributed by atoms with Crippen molar-refractivity contribution in [3.8, 4) is 11.8 Å². The smallest absolute Gasteiger partial charge is 0.266 e. The largest absolute Gasteiger partial charge is 0.495 e. The van der Waals surface area contributed by atoms with E-state index in [-0.39, 0.29) is 5.57 Å². The molecule has 0 atom stereocenters. The summed E-state index contributed by atoms with van der Waals surface area (Å²) in [5, 5.41) is 12.4. The fraction of sp³-hybridized carbons (Fsp3) is 0.0588. The van der Waals surface area contributed by atoms with Crippen molar-refractivity contribution in [3.05, 3.63) is 62.2 Å². The van der Waals surface area contributed by atoms with Crippen LogP contribution in [0.15, 0.2) is 48.0 Å². The van der Waals surface area contributed by atoms with E-state index in [0.717, 1.165) is 3.57 Å². The topological polar surface area (TPSA) is 62.1 Å². The Morgan fingerprint density at radius 1 is 1.35 bits per heavy atom. The predicted molar refractivity (Wildman–Crippen MR) is 99.4 cm³/mol. The maximum Gasteiger partial charge on any atom is 0.266 e. The van der Waals surface area contributed by atoms with Gasteiger partial charge in [-0.1, -0.05) is 29.8 Å². The van der Waals surface area contributed by atoms with Gasteiger partial charge in [0.05, 0.1) is 17.8 Å². The Hall–Kier alpha value is -2.04. The second-order valence-corrected chi connectivity index (χ2v) is 6.07. The Labute approximate surface area is 152 Å². The van der Waals surface area contributed by atoms with Crippen molar-refractivity contribution in [2.75, 3.05) is 12.4 Å². The fourth-order valence-corrected chi connectivity index (χ4v) is 2.63. The summed E-state index contributed by atoms with van der Waals surface area (Å²) in [6, 6.07) is 14.3. The molecular formula is C17H12ClIN2O2. The third kappa shape index (κ3) is 4.47. The number of ether oxygens (including phenoxy) is 1. The van der Waals surface area contributed by atoms with E-state index >= 15 is 0 Å². The standard InChI is InChI=1S/C17H12ClIN2O2/c1-23-16-7-6-11(9-13(16)18)8-12(10-20)17(22)21-15-5-3-2-4-14(15)19/h2-9H,1H3,(H,21,22)/b12-8+. The average molecular weight is 439 g/mol. The lowest BCUT2D eigenvalue weighted by atomic mass is 10.1. The van der Waals surface area contributed by atoms with E-state index in [0.29, 0.717) is 22.0 Å². The van der Waals surface area contributed by atoms with E-state index in [1.54, 1.807) is 24.3 Å². The van der Waals surface area contributed by atoms with Gasteiger partial charge in [0.25, 0.3) is 5.91 Å². The van der Waals surface area contributed by atoms with E-state index in [1.165, 1.54) is 13.2 Å². The highest BCUT2D eigenvalue weighted by Gasteiger charge is 2.11. The second-order valence-electron chi connectivity index (χ2n) is 4.50. The first-order valence-electron chi connectivity index (χ1n) is 6.56. The van der Waals surface area contributed by atoms with Crippen molar-refractivity contribution in [3.63, 3.8) is 0 Å². The van der Waals surface area contributed by atoms with Gasteiger partial charge in [0, 0.05) is 3.57 Å². The zero-order chi connectivity index (χ0) is 16.8. The van der Waals surface area contributed by atoms with Gasteiger partial charge in [0.1, 0.15) is 17.4 Å². The van der Waals surface area contributed by atoms with E-state index in [2.05, 4.69) is 27.9 Å². The van der Waals surface area contributed by atoms with Gasteiger partial charge in [0.15, 0.2) is 0 Å². The molecule has 2 aromatic rings. The Bertz CT molecular complexity index is 812. The van der Waals surface area contributed by atoms with Gasteiger partial charge < -0.3 is 10.1 Å². The Morgan fingerprint density at radius 2 is 2.09 bits per heavy atom. The molecule has 0 saturated heterocycles. The number of nitrogens with one attached hydrogen (secondary N) is 1. The summed E-state index contributed by atoms with van der Waals surface area (Å²) in [5.74, 6) is 0.0640. The number of halogens is 2. The minimum absolute atomic E-state index is 0.00844. The van der Waals surface area contributed by atoms with Gasteiger partial charge in [0.2, 0.25) is 0 Å². The molecule has 0 spiro atoms. The van der Waals surface area contributed by atoms with Crippen LogP contribution in [0.4, 0.5) is 5.69 Å². The number of rotatable bonds is 4. The van der Waals surface area contributed by atoms with Crippen molar-refractivity contribution in [1.82, 2.24) is 0 Å². The number of amides is 1. The predicted octanol–water partition coefficient (Wildman–Crippen LogP) is 4.50. The molecule has 23 heavy (non-hydrogen) atoms. The first-order chi connectivity index (χ1) is 11.0. The lowest BCUT2D eigenvalue weighted by molar-refractivity contribution is -0.112. The van der Waals surface area contributed by atoms with Crippen LogP contribution in [0.25, 0.3) is 6.08 Å². The molecule has 2 rings (SSSR count). The van der Waals surface area contributed by atoms with Crippen LogP contribution in [0.5, 0.6) is 5.75 Å². The number of hydrogen-bond acceptors (Lipinski definition) is 3. The van der Waals surface area contributed by atoms with Crippen molar-refractivity contribution < 1.29 is 9.53 Å². The minimum Gasteiger partial charge on any atom is -0.495 e. The number of methoxy groups -OCH3 is 1. The minimum atomic E-state index is -0.469. The third-order valence-electron chi connectivity index (χ3n) is 2.97. The Balaban J connectivity index is 2.25. The average Bonchev–Trinajstić information content (AvgIpc) is 2.54. The van der Waals surface area contributed by atoms with Gasteiger partial charge in [-0.3, -0.25) is 4.79 Å². The molecule has 1 N–H and O–H groups in total. The highest BCUT2D eigenvalue weighted by atomic mass is 127. The van der Waals surface area contributed by atoms with E-state index in [1.807, 2.05) is 24.3 Å². The first kappa shape index (κ1) is 17.3. The highest BCUT2D eigenvalue weighted by molar-refractivity contribution is 14.1.